The van der Waals surface area contributed by atoms with Crippen LogP contribution in [0.25, 0.3) is 5.00 Å². The normalized spacial score (nSPS) is 14.5. The summed E-state index contributed by atoms with van der Waals surface area (Å²) < 4.78 is 12.8. The number of amides is 2. The quantitative estimate of drug-likeness (QED) is 0.537. The number of urea groups is 1. The van der Waals surface area contributed by atoms with Gasteiger partial charge in [-0.05, 0) is 49.7 Å². The van der Waals surface area contributed by atoms with Gasteiger partial charge in [-0.2, -0.15) is 0 Å². The van der Waals surface area contributed by atoms with Crippen LogP contribution >= 0.6 is 11.3 Å². The topological polar surface area (TPSA) is 67.8 Å². The number of carbonyl (C=O) groups is 1. The predicted octanol–water partition coefficient (Wildman–Crippen LogP) is 4.82. The maximum Gasteiger partial charge on any atom is 0.319 e. The molecule has 0 spiro atoms. The van der Waals surface area contributed by atoms with E-state index >= 15 is 0 Å². The summed E-state index contributed by atoms with van der Waals surface area (Å²) in [5, 5.41) is 7.32. The van der Waals surface area contributed by atoms with Gasteiger partial charge in [-0.25, -0.2) is 4.79 Å². The highest BCUT2D eigenvalue weighted by Gasteiger charge is 2.28. The standard InChI is InChI=1S/C24H30N4O3S/c1-5-18(25-24(29)26-19-14-16(30-3)8-9-20(19)31-4)22-17-10-13-27(2)15-21(17)32-23(22)28-11-6-7-12-28/h6-9,11-12,14,18H,5,10,13,15H2,1-4H3,(H2,25,26,29)/t18-/m1/s1. The van der Waals surface area contributed by atoms with Gasteiger partial charge in [-0.15, -0.1) is 11.3 Å². The summed E-state index contributed by atoms with van der Waals surface area (Å²) in [6, 6.07) is 9.03. The first-order chi connectivity index (χ1) is 15.5. The van der Waals surface area contributed by atoms with Crippen molar-refractivity contribution in [2.75, 3.05) is 33.1 Å². The molecule has 1 aliphatic rings. The second kappa shape index (κ2) is 9.67. The molecule has 0 aliphatic carbocycles. The van der Waals surface area contributed by atoms with Crippen molar-refractivity contribution in [2.24, 2.45) is 0 Å². The Hall–Kier alpha value is -2.97. The fraction of sp³-hybridized carbons (Fsp3) is 0.375. The molecule has 1 aliphatic heterocycles. The monoisotopic (exact) mass is 454 g/mol. The number of likely N-dealkylation sites (N-methyl/N-ethyl adjacent to an activating group) is 1. The van der Waals surface area contributed by atoms with Crippen LogP contribution in [0.3, 0.4) is 0 Å². The van der Waals surface area contributed by atoms with Crippen LogP contribution in [0.15, 0.2) is 42.7 Å². The zero-order valence-corrected chi connectivity index (χ0v) is 19.8. The molecule has 170 valence electrons. The molecule has 0 unspecified atom stereocenters. The minimum absolute atomic E-state index is 0.104. The van der Waals surface area contributed by atoms with Gasteiger partial charge in [0.15, 0.2) is 0 Å². The number of aromatic nitrogens is 1. The Balaban J connectivity index is 1.63. The van der Waals surface area contributed by atoms with Gasteiger partial charge in [0, 0.05) is 42.0 Å². The summed E-state index contributed by atoms with van der Waals surface area (Å²) in [5.74, 6) is 1.23. The number of hydrogen-bond donors (Lipinski definition) is 2. The smallest absolute Gasteiger partial charge is 0.319 e. The third-order valence-corrected chi connectivity index (χ3v) is 7.07. The summed E-state index contributed by atoms with van der Waals surface area (Å²) in [5.41, 5.74) is 3.17. The molecule has 8 heteroatoms. The highest BCUT2D eigenvalue weighted by atomic mass is 32.1. The number of methoxy groups -OCH3 is 2. The lowest BCUT2D eigenvalue weighted by molar-refractivity contribution is 0.248. The molecular weight excluding hydrogens is 424 g/mol. The number of carbonyl (C=O) groups excluding carboxylic acids is 1. The van der Waals surface area contributed by atoms with Gasteiger partial charge < -0.3 is 29.6 Å². The maximum atomic E-state index is 13.0. The highest BCUT2D eigenvalue weighted by Crippen LogP contribution is 2.40. The van der Waals surface area contributed by atoms with Crippen LogP contribution in [0.4, 0.5) is 10.5 Å². The summed E-state index contributed by atoms with van der Waals surface area (Å²) in [7, 11) is 5.33. The minimum Gasteiger partial charge on any atom is -0.497 e. The Morgan fingerprint density at radius 3 is 2.69 bits per heavy atom. The highest BCUT2D eigenvalue weighted by molar-refractivity contribution is 7.15. The summed E-state index contributed by atoms with van der Waals surface area (Å²) >= 11 is 1.82. The van der Waals surface area contributed by atoms with E-state index in [0.29, 0.717) is 17.2 Å². The molecule has 7 nitrogen and oxygen atoms in total. The van der Waals surface area contributed by atoms with Crippen molar-refractivity contribution in [2.45, 2.75) is 32.4 Å². The molecule has 0 saturated heterocycles. The molecule has 3 aromatic rings. The summed E-state index contributed by atoms with van der Waals surface area (Å²) in [6.45, 7) is 4.07. The van der Waals surface area contributed by atoms with E-state index in [0.717, 1.165) is 25.9 Å². The summed E-state index contributed by atoms with van der Waals surface area (Å²) in [4.78, 5) is 16.8. The van der Waals surface area contributed by atoms with E-state index in [1.165, 1.54) is 21.0 Å². The Kier molecular flexibility index (Phi) is 6.72. The molecule has 2 aromatic heterocycles. The second-order valence-corrected chi connectivity index (χ2v) is 9.01. The predicted molar refractivity (Wildman–Crippen MR) is 128 cm³/mol. The number of nitrogens with zero attached hydrogens (tertiary/aromatic N) is 2. The van der Waals surface area contributed by atoms with Crippen LogP contribution in [0.2, 0.25) is 0 Å². The number of fused-ring (bicyclic) bond motifs is 1. The van der Waals surface area contributed by atoms with Crippen molar-refractivity contribution in [1.82, 2.24) is 14.8 Å². The van der Waals surface area contributed by atoms with Crippen molar-refractivity contribution >= 4 is 23.1 Å². The number of rotatable bonds is 7. The average Bonchev–Trinajstić information content (AvgIpc) is 3.45. The largest absolute Gasteiger partial charge is 0.497 e. The third kappa shape index (κ3) is 4.47. The zero-order valence-electron chi connectivity index (χ0n) is 19.0. The van der Waals surface area contributed by atoms with E-state index in [2.05, 4.69) is 46.5 Å². The molecule has 1 atom stereocenters. The number of ether oxygens (including phenoxy) is 2. The molecule has 3 heterocycles. The van der Waals surface area contributed by atoms with Gasteiger partial charge >= 0.3 is 6.03 Å². The minimum atomic E-state index is -0.269. The molecular formula is C24H30N4O3S. The van der Waals surface area contributed by atoms with Gasteiger partial charge in [0.2, 0.25) is 0 Å². The lowest BCUT2D eigenvalue weighted by Crippen LogP contribution is -2.34. The van der Waals surface area contributed by atoms with Gasteiger partial charge in [0.1, 0.15) is 16.5 Å². The lowest BCUT2D eigenvalue weighted by Gasteiger charge is -2.25. The van der Waals surface area contributed by atoms with E-state index in [1.54, 1.807) is 32.4 Å². The maximum absolute atomic E-state index is 13.0. The number of anilines is 1. The first kappa shape index (κ1) is 22.2. The first-order valence-electron chi connectivity index (χ1n) is 10.8. The SMILES string of the molecule is CC[C@@H](NC(=O)Nc1cc(OC)ccc1OC)c1c(-n2cccc2)sc2c1CCN(C)C2. The Labute approximate surface area is 192 Å². The number of benzene rings is 1. The Morgan fingerprint density at radius 2 is 2.00 bits per heavy atom. The number of hydrogen-bond acceptors (Lipinski definition) is 5. The van der Waals surface area contributed by atoms with Crippen molar-refractivity contribution < 1.29 is 14.3 Å². The fourth-order valence-corrected chi connectivity index (χ4v) is 5.63. The van der Waals surface area contributed by atoms with E-state index in [1.807, 2.05) is 23.5 Å². The second-order valence-electron chi connectivity index (χ2n) is 7.93. The fourth-order valence-electron chi connectivity index (χ4n) is 4.17. The molecule has 0 saturated carbocycles. The van der Waals surface area contributed by atoms with Gasteiger partial charge in [-0.3, -0.25) is 0 Å². The van der Waals surface area contributed by atoms with E-state index in [9.17, 15) is 4.79 Å². The van der Waals surface area contributed by atoms with Gasteiger partial charge in [-0.1, -0.05) is 6.92 Å². The molecule has 4 rings (SSSR count). The molecule has 2 amide bonds. The lowest BCUT2D eigenvalue weighted by atomic mass is 9.96. The van der Waals surface area contributed by atoms with Gasteiger partial charge in [0.25, 0.3) is 0 Å². The van der Waals surface area contributed by atoms with Crippen LogP contribution in [-0.2, 0) is 13.0 Å². The Bertz CT molecular complexity index is 1080. The Morgan fingerprint density at radius 1 is 1.22 bits per heavy atom. The molecule has 0 bridgehead atoms. The van der Waals surface area contributed by atoms with Crippen LogP contribution in [0, 0.1) is 0 Å². The number of thiophene rings is 1. The third-order valence-electron chi connectivity index (χ3n) is 5.82. The van der Waals surface area contributed by atoms with Crippen LogP contribution < -0.4 is 20.1 Å². The van der Waals surface area contributed by atoms with Crippen molar-refractivity contribution in [3.05, 3.63) is 58.7 Å². The zero-order chi connectivity index (χ0) is 22.7. The van der Waals surface area contributed by atoms with Crippen molar-refractivity contribution in [3.8, 4) is 16.5 Å². The average molecular weight is 455 g/mol. The van der Waals surface area contributed by atoms with Gasteiger partial charge in [0.05, 0.1) is 25.9 Å². The van der Waals surface area contributed by atoms with Crippen molar-refractivity contribution in [3.63, 3.8) is 0 Å². The van der Waals surface area contributed by atoms with E-state index in [4.69, 9.17) is 9.47 Å². The van der Waals surface area contributed by atoms with Crippen molar-refractivity contribution in [1.29, 1.82) is 0 Å². The molecule has 0 radical (unpaired) electrons. The molecule has 32 heavy (non-hydrogen) atoms. The molecule has 0 fully saturated rings. The number of nitrogens with one attached hydrogen (secondary N) is 2. The molecule has 1 aromatic carbocycles. The first-order valence-corrected chi connectivity index (χ1v) is 11.6. The van der Waals surface area contributed by atoms with Crippen LogP contribution in [0.5, 0.6) is 11.5 Å². The van der Waals surface area contributed by atoms with E-state index < -0.39 is 0 Å². The summed E-state index contributed by atoms with van der Waals surface area (Å²) in [6.07, 6.45) is 5.91. The van der Waals surface area contributed by atoms with E-state index in [-0.39, 0.29) is 12.1 Å². The molecule has 2 N–H and O–H groups in total. The van der Waals surface area contributed by atoms with Crippen LogP contribution in [-0.4, -0.2) is 43.3 Å². The van der Waals surface area contributed by atoms with Crippen LogP contribution in [0.1, 0.15) is 35.4 Å².